The van der Waals surface area contributed by atoms with Crippen LogP contribution in [0.15, 0.2) is 54.7 Å². The highest BCUT2D eigenvalue weighted by Crippen LogP contribution is 2.33. The molecule has 28 heteroatoms. The zero-order chi connectivity index (χ0) is 60.9. The number of terminal acetylenes is 1. The molecule has 86 heavy (non-hydrogen) atoms. The van der Waals surface area contributed by atoms with E-state index in [0.29, 0.717) is 105 Å². The van der Waals surface area contributed by atoms with Gasteiger partial charge in [0.1, 0.15) is 50.0 Å². The van der Waals surface area contributed by atoms with Crippen molar-refractivity contribution in [3.63, 3.8) is 0 Å². The van der Waals surface area contributed by atoms with Gasteiger partial charge in [0.2, 0.25) is 11.8 Å². The van der Waals surface area contributed by atoms with Crippen LogP contribution in [0.4, 0.5) is 29.2 Å². The lowest BCUT2D eigenvalue weighted by Crippen LogP contribution is -2.37. The number of nitrogens with one attached hydrogen (secondary N) is 2. The molecule has 0 spiro atoms. The lowest BCUT2D eigenvalue weighted by atomic mass is 10.1. The second kappa shape index (κ2) is 30.6. The molecule has 2 atom stereocenters. The molecule has 0 unspecified atom stereocenters. The van der Waals surface area contributed by atoms with E-state index in [-0.39, 0.29) is 65.2 Å². The number of aryl methyl sites for hydroxylation is 2. The number of aromatic nitrogens is 8. The summed E-state index contributed by atoms with van der Waals surface area (Å²) in [5, 5.41) is 15.7. The van der Waals surface area contributed by atoms with Gasteiger partial charge in [0.15, 0.2) is 17.3 Å². The number of amides is 4. The van der Waals surface area contributed by atoms with Gasteiger partial charge in [-0.3, -0.25) is 29.0 Å². The number of fused-ring (bicyclic) bond motifs is 2. The number of anilines is 2. The fourth-order valence-electron chi connectivity index (χ4n) is 10.6. The van der Waals surface area contributed by atoms with E-state index in [9.17, 15) is 28.0 Å². The zero-order valence-electron chi connectivity index (χ0n) is 48.0. The Kier molecular flexibility index (Phi) is 23.4. The quantitative estimate of drug-likeness (QED) is 0.0365. The highest BCUT2D eigenvalue weighted by atomic mass is 79.9. The monoisotopic (exact) mass is 1270 g/mol. The van der Waals surface area contributed by atoms with Gasteiger partial charge in [0.05, 0.1) is 73.3 Å². The molecule has 4 fully saturated rings. The van der Waals surface area contributed by atoms with Crippen LogP contribution in [0.5, 0.6) is 0 Å². The van der Waals surface area contributed by atoms with Gasteiger partial charge in [-0.15, -0.1) is 6.42 Å². The summed E-state index contributed by atoms with van der Waals surface area (Å²) in [4.78, 5) is 64.8. The minimum Gasteiger partial charge on any atom is -0.379 e. The summed E-state index contributed by atoms with van der Waals surface area (Å²) < 4.78 is 75.1. The Morgan fingerprint density at radius 1 is 0.698 bits per heavy atom. The van der Waals surface area contributed by atoms with E-state index in [4.69, 9.17) is 27.4 Å². The minimum absolute atomic E-state index is 0. The van der Waals surface area contributed by atoms with Crippen molar-refractivity contribution < 1.29 is 46.2 Å². The van der Waals surface area contributed by atoms with Crippen molar-refractivity contribution in [1.29, 1.82) is 0 Å². The molecular weight excluding hydrogens is 1200 g/mol. The summed E-state index contributed by atoms with van der Waals surface area (Å²) in [7, 11) is 0. The van der Waals surface area contributed by atoms with Gasteiger partial charge in [-0.1, -0.05) is 25.0 Å². The number of morpholine rings is 2. The van der Waals surface area contributed by atoms with E-state index in [2.05, 4.69) is 81.5 Å². The molecule has 0 saturated carbocycles. The number of hydrogen-bond donors (Lipinski definition) is 4. The van der Waals surface area contributed by atoms with Crippen LogP contribution in [0.3, 0.4) is 0 Å². The van der Waals surface area contributed by atoms with Crippen molar-refractivity contribution in [3.8, 4) is 24.2 Å². The Morgan fingerprint density at radius 2 is 1.14 bits per heavy atom. The number of imidazole rings is 2. The molecule has 4 saturated heterocycles. The van der Waals surface area contributed by atoms with Crippen molar-refractivity contribution >= 4 is 86.8 Å². The Hall–Kier alpha value is -7.73. The molecule has 0 radical (unpaired) electrons. The summed E-state index contributed by atoms with van der Waals surface area (Å²) in [6.45, 7) is 23.5. The van der Waals surface area contributed by atoms with E-state index in [1.165, 1.54) is 36.9 Å². The van der Waals surface area contributed by atoms with Gasteiger partial charge in [0, 0.05) is 90.7 Å². The topological polar surface area (TPSA) is 247 Å². The van der Waals surface area contributed by atoms with Crippen molar-refractivity contribution in [3.05, 3.63) is 106 Å². The lowest BCUT2D eigenvalue weighted by molar-refractivity contribution is -0.125. The Balaban J connectivity index is 0.000000206. The van der Waals surface area contributed by atoms with Crippen LogP contribution in [0.2, 0.25) is 0 Å². The van der Waals surface area contributed by atoms with E-state index in [0.717, 1.165) is 71.7 Å². The number of ether oxygens (including phenoxy) is 2. The van der Waals surface area contributed by atoms with Gasteiger partial charge in [-0.25, -0.2) is 36.9 Å². The molecule has 4 aliphatic rings. The number of benzene rings is 2. The first-order valence-corrected chi connectivity index (χ1v) is 28.9. The molecule has 10 rings (SSSR count). The standard InChI is InChI=1S/C29H34F2N8O3.C18H27BrN6O3.C11H8F2N2.H2S/c1-3-24(40)38-11-8-19(17-38)39-29(33-9-5-10-36-12-14-42-15-13-36)25(28(32)41)22(35-39)7-6-20-21(30)16-23-27(26(20)31)34-18-37(23)4-2;1-2-14(26)24-7-4-13(12-24)25-18(15(17(20)27)16(19)22-25)21-5-3-6-23-8-10-28-11-9-23;1-3-7-8(12)5-9-11(10(7)13)14-6-15(9)4-2;/h3,16,18-19,33H,1,4-5,8-15,17H2,2H3,(H2,32,41);2,13,21H,1,3-12H2,(H2,20,27);1,5-6H,4H2,2H3;1H2/t19-;13-;;/m00../s1. The van der Waals surface area contributed by atoms with Gasteiger partial charge < -0.3 is 50.5 Å². The molecule has 6 aromatic rings. The molecule has 4 amide bonds. The van der Waals surface area contributed by atoms with Crippen LogP contribution in [-0.4, -0.2) is 187 Å². The number of hydrogen-bond acceptors (Lipinski definition) is 14. The average Bonchev–Trinajstić information content (AvgIpc) is 4.09. The minimum atomic E-state index is -0.888. The number of carbonyl (C=O) groups excluding carboxylic acids is 4. The zero-order valence-corrected chi connectivity index (χ0v) is 50.6. The molecule has 4 aliphatic heterocycles. The van der Waals surface area contributed by atoms with E-state index < -0.39 is 40.6 Å². The molecule has 0 bridgehead atoms. The molecule has 8 heterocycles. The first-order chi connectivity index (χ1) is 41.0. The normalized spacial score (nSPS) is 16.9. The first-order valence-electron chi connectivity index (χ1n) is 28.1. The summed E-state index contributed by atoms with van der Waals surface area (Å²) in [6.07, 6.45) is 13.5. The summed E-state index contributed by atoms with van der Waals surface area (Å²) in [6, 6.07) is 2.11. The maximum Gasteiger partial charge on any atom is 0.255 e. The van der Waals surface area contributed by atoms with E-state index >= 15 is 8.78 Å². The molecule has 22 nitrogen and oxygen atoms in total. The number of likely N-dealkylation sites (tertiary alicyclic amines) is 2. The third kappa shape index (κ3) is 15.1. The summed E-state index contributed by atoms with van der Waals surface area (Å²) in [5.41, 5.74) is 11.8. The second-order valence-corrected chi connectivity index (χ2v) is 21.1. The lowest BCUT2D eigenvalue weighted by Gasteiger charge is -2.26. The highest BCUT2D eigenvalue weighted by molar-refractivity contribution is 9.10. The second-order valence-electron chi connectivity index (χ2n) is 20.3. The Bertz CT molecular complexity index is 3560. The van der Waals surface area contributed by atoms with E-state index in [1.807, 2.05) is 19.8 Å². The van der Waals surface area contributed by atoms with Gasteiger partial charge >= 0.3 is 0 Å². The largest absolute Gasteiger partial charge is 0.379 e. The van der Waals surface area contributed by atoms with Gasteiger partial charge in [-0.05, 0) is 86.6 Å². The molecule has 6 N–H and O–H groups in total. The van der Waals surface area contributed by atoms with Crippen LogP contribution in [0, 0.1) is 47.5 Å². The number of halogens is 5. The Labute approximate surface area is 510 Å². The maximum atomic E-state index is 15.3. The number of nitrogens with two attached hydrogens (primary N) is 2. The summed E-state index contributed by atoms with van der Waals surface area (Å²) >= 11 is 3.35. The van der Waals surface area contributed by atoms with Crippen LogP contribution in [0.25, 0.3) is 22.1 Å². The average molecular weight is 1280 g/mol. The number of carbonyl (C=O) groups is 4. The predicted octanol–water partition coefficient (Wildman–Crippen LogP) is 5.39. The first kappa shape index (κ1) is 65.8. The van der Waals surface area contributed by atoms with Crippen LogP contribution in [-0.2, 0) is 32.2 Å². The smallest absolute Gasteiger partial charge is 0.255 e. The fraction of sp³-hybridized carbons (Fsp3) is 0.448. The third-order valence-corrected chi connectivity index (χ3v) is 15.7. The number of rotatable bonds is 18. The third-order valence-electron chi connectivity index (χ3n) is 15.1. The van der Waals surface area contributed by atoms with Gasteiger partial charge in [0.25, 0.3) is 11.8 Å². The van der Waals surface area contributed by atoms with Gasteiger partial charge in [-0.2, -0.15) is 23.7 Å². The van der Waals surface area contributed by atoms with Crippen LogP contribution >= 0.6 is 29.4 Å². The molecule has 460 valence electrons. The fourth-order valence-corrected chi connectivity index (χ4v) is 11.1. The number of nitrogens with zero attached hydrogens (tertiary/aromatic N) is 12. The predicted molar refractivity (Wildman–Crippen MR) is 326 cm³/mol. The van der Waals surface area contributed by atoms with Crippen molar-refractivity contribution in [2.24, 2.45) is 11.5 Å². The van der Waals surface area contributed by atoms with E-state index in [1.54, 1.807) is 28.3 Å². The molecular formula is C58H71BrF4N16O6S. The summed E-state index contributed by atoms with van der Waals surface area (Å²) in [5.74, 6) is 3.35. The molecule has 0 aliphatic carbocycles. The number of primary amides is 2. The van der Waals surface area contributed by atoms with Crippen molar-refractivity contribution in [2.75, 3.05) is 116 Å². The van der Waals surface area contributed by atoms with Crippen molar-refractivity contribution in [2.45, 2.75) is 64.7 Å². The van der Waals surface area contributed by atoms with Crippen LogP contribution < -0.4 is 22.1 Å². The van der Waals surface area contributed by atoms with Crippen LogP contribution in [0.1, 0.15) is 89.2 Å². The van der Waals surface area contributed by atoms with Crippen molar-refractivity contribution in [1.82, 2.24) is 58.3 Å². The molecule has 2 aromatic carbocycles. The Morgan fingerprint density at radius 3 is 1.58 bits per heavy atom. The SMILES string of the molecule is C#Cc1c(F)cc2c(ncn2CC)c1F.C=CC(=O)N1CC[C@H](n2nc(Br)c(C(N)=O)c2NCCCN2CCOCC2)C1.C=CC(=O)N1CC[C@H](n2nc(C#Cc3c(F)cc4c(ncn4CC)c3F)c(C(N)=O)c2NCCCN2CCOCC2)C1.S. The maximum absolute atomic E-state index is 15.3. The highest BCUT2D eigenvalue weighted by Gasteiger charge is 2.34. The molecule has 4 aromatic heterocycles.